The van der Waals surface area contributed by atoms with E-state index in [0.717, 1.165) is 25.2 Å². The van der Waals surface area contributed by atoms with Gasteiger partial charge in [-0.3, -0.25) is 0 Å². The Morgan fingerprint density at radius 3 is 2.57 bits per heavy atom. The second-order valence-electron chi connectivity index (χ2n) is 1.42. The summed E-state index contributed by atoms with van der Waals surface area (Å²) in [5.41, 5.74) is 0. The highest BCUT2D eigenvalue weighted by molar-refractivity contribution is 7.80. The highest BCUT2D eigenvalue weighted by Crippen LogP contribution is 1.89. The third-order valence-corrected chi connectivity index (χ3v) is 1.07. The van der Waals surface area contributed by atoms with Crippen LogP contribution in [-0.4, -0.2) is 19.5 Å². The van der Waals surface area contributed by atoms with Crippen molar-refractivity contribution in [1.82, 2.24) is 0 Å². The molecule has 0 fully saturated rings. The molecule has 0 radical (unpaired) electrons. The summed E-state index contributed by atoms with van der Waals surface area (Å²) in [5.74, 6) is 0.976. The van der Waals surface area contributed by atoms with E-state index in [1.54, 1.807) is 7.11 Å². The molecule has 0 saturated carbocycles. The Kier molecular flexibility index (Phi) is 6.59. The maximum atomic E-state index is 4.81. The third-order valence-electron chi connectivity index (χ3n) is 0.757. The van der Waals surface area contributed by atoms with Gasteiger partial charge in [0, 0.05) is 13.7 Å². The number of unbranched alkanes of at least 4 members (excludes halogenated alkanes) is 1. The first-order valence-corrected chi connectivity index (χ1v) is 3.15. The lowest BCUT2D eigenvalue weighted by atomic mass is 10.4. The minimum atomic E-state index is 0.876. The lowest BCUT2D eigenvalue weighted by Gasteiger charge is -1.92. The van der Waals surface area contributed by atoms with Crippen LogP contribution in [0.3, 0.4) is 0 Å². The highest BCUT2D eigenvalue weighted by atomic mass is 32.1. The molecule has 0 unspecified atom stereocenters. The Hall–Kier alpha value is 0.310. The quantitative estimate of drug-likeness (QED) is 0.435. The van der Waals surface area contributed by atoms with Crippen LogP contribution in [0.15, 0.2) is 0 Å². The first-order valence-electron chi connectivity index (χ1n) is 2.51. The molecular formula is C5H12OS. The molecule has 0 amide bonds. The van der Waals surface area contributed by atoms with Crippen LogP contribution in [0.25, 0.3) is 0 Å². The summed E-state index contributed by atoms with van der Waals surface area (Å²) in [6.07, 6.45) is 2.30. The zero-order valence-electron chi connectivity index (χ0n) is 4.68. The Balaban J connectivity index is 2.45. The van der Waals surface area contributed by atoms with Crippen molar-refractivity contribution in [2.45, 2.75) is 12.8 Å². The first kappa shape index (κ1) is 7.31. The SMILES string of the molecule is COCCCCS. The standard InChI is InChI=1S/C5H12OS/c1-6-4-2-3-5-7/h7H,2-5H2,1H3. The number of ether oxygens (including phenoxy) is 1. The number of hydrogen-bond donors (Lipinski definition) is 1. The number of hydrogen-bond acceptors (Lipinski definition) is 2. The molecular weight excluding hydrogens is 108 g/mol. The molecule has 0 saturated heterocycles. The molecule has 0 aliphatic rings. The fourth-order valence-corrected chi connectivity index (χ4v) is 0.582. The van der Waals surface area contributed by atoms with E-state index in [-0.39, 0.29) is 0 Å². The summed E-state index contributed by atoms with van der Waals surface area (Å²) in [6.45, 7) is 0.876. The first-order chi connectivity index (χ1) is 3.41. The van der Waals surface area contributed by atoms with E-state index in [4.69, 9.17) is 4.74 Å². The maximum absolute atomic E-state index is 4.81. The van der Waals surface area contributed by atoms with Crippen molar-refractivity contribution in [2.75, 3.05) is 19.5 Å². The van der Waals surface area contributed by atoms with Gasteiger partial charge < -0.3 is 4.74 Å². The number of rotatable bonds is 4. The van der Waals surface area contributed by atoms with Crippen molar-refractivity contribution in [2.24, 2.45) is 0 Å². The second-order valence-corrected chi connectivity index (χ2v) is 1.87. The molecule has 0 bridgehead atoms. The average Bonchev–Trinajstić information content (AvgIpc) is 1.69. The molecule has 0 aromatic carbocycles. The van der Waals surface area contributed by atoms with Crippen LogP contribution in [0, 0.1) is 0 Å². The van der Waals surface area contributed by atoms with Gasteiger partial charge in [-0.25, -0.2) is 0 Å². The van der Waals surface area contributed by atoms with Crippen LogP contribution in [0.1, 0.15) is 12.8 Å². The van der Waals surface area contributed by atoms with Gasteiger partial charge in [0.2, 0.25) is 0 Å². The van der Waals surface area contributed by atoms with Gasteiger partial charge in [0.05, 0.1) is 0 Å². The monoisotopic (exact) mass is 120 g/mol. The molecule has 0 aromatic rings. The van der Waals surface area contributed by atoms with Gasteiger partial charge in [0.15, 0.2) is 0 Å². The molecule has 44 valence electrons. The fourth-order valence-electron chi connectivity index (χ4n) is 0.358. The smallest absolute Gasteiger partial charge is 0.0462 e. The van der Waals surface area contributed by atoms with E-state index < -0.39 is 0 Å². The molecule has 0 aliphatic heterocycles. The largest absolute Gasteiger partial charge is 0.385 e. The van der Waals surface area contributed by atoms with Gasteiger partial charge in [-0.1, -0.05) is 0 Å². The van der Waals surface area contributed by atoms with E-state index in [1.165, 1.54) is 0 Å². The summed E-state index contributed by atoms with van der Waals surface area (Å²) >= 11 is 4.04. The lowest BCUT2D eigenvalue weighted by Crippen LogP contribution is -1.87. The van der Waals surface area contributed by atoms with Crippen molar-refractivity contribution < 1.29 is 4.74 Å². The highest BCUT2D eigenvalue weighted by Gasteiger charge is 1.80. The Morgan fingerprint density at radius 1 is 1.43 bits per heavy atom. The van der Waals surface area contributed by atoms with E-state index >= 15 is 0 Å². The minimum Gasteiger partial charge on any atom is -0.385 e. The molecule has 0 rings (SSSR count). The summed E-state index contributed by atoms with van der Waals surface area (Å²) in [7, 11) is 1.72. The lowest BCUT2D eigenvalue weighted by molar-refractivity contribution is 0.194. The molecule has 0 heterocycles. The Bertz CT molecular complexity index is 27.3. The summed E-state index contributed by atoms with van der Waals surface area (Å²) in [5, 5.41) is 0. The Labute approximate surface area is 50.5 Å². The van der Waals surface area contributed by atoms with Crippen LogP contribution < -0.4 is 0 Å². The predicted molar refractivity (Wildman–Crippen MR) is 35.0 cm³/mol. The molecule has 0 spiro atoms. The average molecular weight is 120 g/mol. The van der Waals surface area contributed by atoms with E-state index in [0.29, 0.717) is 0 Å². The van der Waals surface area contributed by atoms with Crippen molar-refractivity contribution in [3.05, 3.63) is 0 Å². The van der Waals surface area contributed by atoms with Gasteiger partial charge in [-0.15, -0.1) is 0 Å². The van der Waals surface area contributed by atoms with Crippen LogP contribution >= 0.6 is 12.6 Å². The van der Waals surface area contributed by atoms with E-state index in [2.05, 4.69) is 12.6 Å². The van der Waals surface area contributed by atoms with Gasteiger partial charge in [0.25, 0.3) is 0 Å². The Morgan fingerprint density at radius 2 is 2.14 bits per heavy atom. The fraction of sp³-hybridized carbons (Fsp3) is 1.00. The summed E-state index contributed by atoms with van der Waals surface area (Å²) < 4.78 is 4.81. The van der Waals surface area contributed by atoms with Crippen molar-refractivity contribution in [1.29, 1.82) is 0 Å². The molecule has 7 heavy (non-hydrogen) atoms. The van der Waals surface area contributed by atoms with Crippen molar-refractivity contribution in [3.63, 3.8) is 0 Å². The normalized spacial score (nSPS) is 9.43. The van der Waals surface area contributed by atoms with Gasteiger partial charge in [-0.2, -0.15) is 12.6 Å². The second kappa shape index (κ2) is 6.31. The topological polar surface area (TPSA) is 9.23 Å². The molecule has 0 N–H and O–H groups in total. The number of methoxy groups -OCH3 is 1. The van der Waals surface area contributed by atoms with Crippen LogP contribution in [0.2, 0.25) is 0 Å². The van der Waals surface area contributed by atoms with Crippen LogP contribution in [0.5, 0.6) is 0 Å². The molecule has 2 heteroatoms. The molecule has 0 aliphatic carbocycles. The van der Waals surface area contributed by atoms with Gasteiger partial charge in [-0.05, 0) is 18.6 Å². The zero-order valence-corrected chi connectivity index (χ0v) is 5.58. The van der Waals surface area contributed by atoms with Crippen molar-refractivity contribution >= 4 is 12.6 Å². The summed E-state index contributed by atoms with van der Waals surface area (Å²) in [4.78, 5) is 0. The van der Waals surface area contributed by atoms with E-state index in [1.807, 2.05) is 0 Å². The molecule has 0 atom stereocenters. The zero-order chi connectivity index (χ0) is 5.54. The minimum absolute atomic E-state index is 0.876. The maximum Gasteiger partial charge on any atom is 0.0462 e. The molecule has 1 nitrogen and oxygen atoms in total. The van der Waals surface area contributed by atoms with Gasteiger partial charge in [0.1, 0.15) is 0 Å². The predicted octanol–water partition coefficient (Wildman–Crippen LogP) is 1.34. The van der Waals surface area contributed by atoms with Crippen LogP contribution in [-0.2, 0) is 4.74 Å². The van der Waals surface area contributed by atoms with Crippen LogP contribution in [0.4, 0.5) is 0 Å². The van der Waals surface area contributed by atoms with Crippen molar-refractivity contribution in [3.8, 4) is 0 Å². The number of thiol groups is 1. The van der Waals surface area contributed by atoms with Gasteiger partial charge >= 0.3 is 0 Å². The van der Waals surface area contributed by atoms with E-state index in [9.17, 15) is 0 Å². The third kappa shape index (κ3) is 6.31. The molecule has 0 aromatic heterocycles. The summed E-state index contributed by atoms with van der Waals surface area (Å²) in [6, 6.07) is 0.